The molecule has 33 heavy (non-hydrogen) atoms. The Kier molecular flexibility index (Phi) is 7.32. The second-order valence-electron chi connectivity index (χ2n) is 6.74. The van der Waals surface area contributed by atoms with Gasteiger partial charge in [0, 0.05) is 5.69 Å². The van der Waals surface area contributed by atoms with E-state index in [-0.39, 0.29) is 16.2 Å². The highest BCUT2D eigenvalue weighted by atomic mass is 32.2. The fourth-order valence-corrected chi connectivity index (χ4v) is 4.72. The van der Waals surface area contributed by atoms with Crippen molar-refractivity contribution in [3.8, 4) is 11.8 Å². The summed E-state index contributed by atoms with van der Waals surface area (Å²) in [7, 11) is -2.78. The number of sulfonamides is 1. The van der Waals surface area contributed by atoms with Gasteiger partial charge < -0.3 is 14.8 Å². The van der Waals surface area contributed by atoms with Crippen molar-refractivity contribution in [1.29, 1.82) is 5.26 Å². The number of carbonyl (C=O) groups is 2. The number of benzene rings is 2. The van der Waals surface area contributed by atoms with Crippen LogP contribution in [0.25, 0.3) is 0 Å². The second-order valence-corrected chi connectivity index (χ2v) is 9.30. The van der Waals surface area contributed by atoms with E-state index in [1.54, 1.807) is 35.7 Å². The molecule has 0 atom stereocenters. The Hall–Kier alpha value is -3.88. The van der Waals surface area contributed by atoms with E-state index in [1.807, 2.05) is 13.0 Å². The van der Waals surface area contributed by atoms with Gasteiger partial charge in [0.05, 0.1) is 18.2 Å². The molecule has 0 spiro atoms. The van der Waals surface area contributed by atoms with Gasteiger partial charge in [-0.1, -0.05) is 17.7 Å². The highest BCUT2D eigenvalue weighted by molar-refractivity contribution is 7.92. The van der Waals surface area contributed by atoms with Crippen LogP contribution in [0, 0.1) is 18.3 Å². The molecule has 0 bridgehead atoms. The SMILES string of the molecule is COc1ccc(C(=O)OCC(=O)Nc2sccc2C#N)cc1S(=O)(=O)Nc1ccc(C)cc1. The third-order valence-corrected chi connectivity index (χ3v) is 6.60. The predicted octanol–water partition coefficient (Wildman–Crippen LogP) is 3.53. The lowest BCUT2D eigenvalue weighted by Gasteiger charge is -2.13. The van der Waals surface area contributed by atoms with Crippen molar-refractivity contribution in [3.63, 3.8) is 0 Å². The Morgan fingerprint density at radius 3 is 2.52 bits per heavy atom. The van der Waals surface area contributed by atoms with E-state index < -0.39 is 28.5 Å². The zero-order chi connectivity index (χ0) is 24.0. The number of nitrogens with zero attached hydrogens (tertiary/aromatic N) is 1. The molecule has 1 heterocycles. The van der Waals surface area contributed by atoms with E-state index >= 15 is 0 Å². The van der Waals surface area contributed by atoms with Crippen LogP contribution in [0.3, 0.4) is 0 Å². The number of anilines is 2. The van der Waals surface area contributed by atoms with Crippen LogP contribution in [0.1, 0.15) is 21.5 Å². The minimum absolute atomic E-state index is 0.0330. The second kappa shape index (κ2) is 10.2. The smallest absolute Gasteiger partial charge is 0.338 e. The first kappa shape index (κ1) is 23.8. The first-order chi connectivity index (χ1) is 15.7. The summed E-state index contributed by atoms with van der Waals surface area (Å²) in [5.74, 6) is -1.50. The van der Waals surface area contributed by atoms with Gasteiger partial charge in [-0.15, -0.1) is 11.3 Å². The van der Waals surface area contributed by atoms with E-state index in [0.29, 0.717) is 16.3 Å². The number of nitriles is 1. The highest BCUT2D eigenvalue weighted by Gasteiger charge is 2.23. The van der Waals surface area contributed by atoms with Crippen molar-refractivity contribution in [2.24, 2.45) is 0 Å². The molecule has 0 saturated carbocycles. The van der Waals surface area contributed by atoms with Crippen molar-refractivity contribution in [2.45, 2.75) is 11.8 Å². The van der Waals surface area contributed by atoms with Crippen LogP contribution in [0.2, 0.25) is 0 Å². The van der Waals surface area contributed by atoms with Gasteiger partial charge in [-0.25, -0.2) is 13.2 Å². The maximum atomic E-state index is 12.9. The number of thiophene rings is 1. The number of rotatable bonds is 8. The number of methoxy groups -OCH3 is 1. The summed E-state index contributed by atoms with van der Waals surface area (Å²) in [4.78, 5) is 24.2. The Bertz CT molecular complexity index is 1320. The minimum Gasteiger partial charge on any atom is -0.495 e. The van der Waals surface area contributed by atoms with Gasteiger partial charge in [-0.2, -0.15) is 5.26 Å². The molecular weight excluding hydrogens is 466 g/mol. The molecule has 3 aromatic rings. The fraction of sp³-hybridized carbons (Fsp3) is 0.136. The van der Waals surface area contributed by atoms with E-state index in [2.05, 4.69) is 10.0 Å². The quantitative estimate of drug-likeness (QED) is 0.466. The summed E-state index contributed by atoms with van der Waals surface area (Å²) in [6.07, 6.45) is 0. The topological polar surface area (TPSA) is 135 Å². The molecule has 1 amide bonds. The number of hydrogen-bond donors (Lipinski definition) is 2. The molecule has 0 unspecified atom stereocenters. The van der Waals surface area contributed by atoms with Gasteiger partial charge in [0.15, 0.2) is 6.61 Å². The minimum atomic E-state index is -4.09. The summed E-state index contributed by atoms with van der Waals surface area (Å²) < 4.78 is 38.4. The predicted molar refractivity (Wildman–Crippen MR) is 123 cm³/mol. The third-order valence-electron chi connectivity index (χ3n) is 4.37. The highest BCUT2D eigenvalue weighted by Crippen LogP contribution is 2.27. The lowest BCUT2D eigenvalue weighted by Crippen LogP contribution is -2.21. The fourth-order valence-electron chi connectivity index (χ4n) is 2.72. The van der Waals surface area contributed by atoms with Crippen LogP contribution in [0.15, 0.2) is 58.8 Å². The monoisotopic (exact) mass is 485 g/mol. The lowest BCUT2D eigenvalue weighted by molar-refractivity contribution is -0.119. The number of aryl methyl sites for hydroxylation is 1. The van der Waals surface area contributed by atoms with Gasteiger partial charge in [-0.05, 0) is 48.7 Å². The van der Waals surface area contributed by atoms with Crippen molar-refractivity contribution < 1.29 is 27.5 Å². The van der Waals surface area contributed by atoms with Crippen molar-refractivity contribution in [1.82, 2.24) is 0 Å². The van der Waals surface area contributed by atoms with E-state index in [9.17, 15) is 18.0 Å². The summed E-state index contributed by atoms with van der Waals surface area (Å²) in [5, 5.41) is 13.5. The van der Waals surface area contributed by atoms with Crippen molar-refractivity contribution in [2.75, 3.05) is 23.8 Å². The summed E-state index contributed by atoms with van der Waals surface area (Å²) in [5.41, 5.74) is 1.53. The molecule has 3 rings (SSSR count). The number of ether oxygens (including phenoxy) is 2. The van der Waals surface area contributed by atoms with E-state index in [4.69, 9.17) is 14.7 Å². The lowest BCUT2D eigenvalue weighted by atomic mass is 10.2. The average Bonchev–Trinajstić information content (AvgIpc) is 3.25. The number of nitrogens with one attached hydrogen (secondary N) is 2. The number of hydrogen-bond acceptors (Lipinski definition) is 8. The molecular formula is C22H19N3O6S2. The van der Waals surface area contributed by atoms with Gasteiger partial charge in [0.2, 0.25) is 0 Å². The maximum absolute atomic E-state index is 12.9. The summed E-state index contributed by atoms with van der Waals surface area (Å²) in [6, 6.07) is 14.0. The normalized spacial score (nSPS) is 10.7. The third kappa shape index (κ3) is 5.88. The number of esters is 1. The van der Waals surface area contributed by atoms with Crippen LogP contribution in [0.5, 0.6) is 5.75 Å². The van der Waals surface area contributed by atoms with Crippen molar-refractivity contribution in [3.05, 3.63) is 70.6 Å². The molecule has 0 aliphatic carbocycles. The standard InChI is InChI=1S/C22H19N3O6S2/c1-14-3-6-17(7-4-14)25-33(28,29)19-11-15(5-8-18(19)30-2)22(27)31-13-20(26)24-21-16(12-23)9-10-32-21/h3-11,25H,13H2,1-2H3,(H,24,26). The Morgan fingerprint density at radius 2 is 1.85 bits per heavy atom. The van der Waals surface area contributed by atoms with Gasteiger partial charge in [0.25, 0.3) is 15.9 Å². The zero-order valence-corrected chi connectivity index (χ0v) is 19.2. The molecule has 0 radical (unpaired) electrons. The van der Waals surface area contributed by atoms with E-state index in [0.717, 1.165) is 23.0 Å². The first-order valence-corrected chi connectivity index (χ1v) is 11.8. The molecule has 0 fully saturated rings. The van der Waals surface area contributed by atoms with Gasteiger partial charge in [0.1, 0.15) is 21.7 Å². The van der Waals surface area contributed by atoms with Crippen LogP contribution in [-0.4, -0.2) is 34.0 Å². The molecule has 11 heteroatoms. The largest absolute Gasteiger partial charge is 0.495 e. The Morgan fingerprint density at radius 1 is 1.12 bits per heavy atom. The van der Waals surface area contributed by atoms with Crippen LogP contribution < -0.4 is 14.8 Å². The first-order valence-electron chi connectivity index (χ1n) is 9.45. The molecule has 170 valence electrons. The molecule has 0 aliphatic heterocycles. The average molecular weight is 486 g/mol. The summed E-state index contributed by atoms with van der Waals surface area (Å²) in [6.45, 7) is 1.26. The van der Waals surface area contributed by atoms with Crippen LogP contribution in [-0.2, 0) is 19.6 Å². The molecule has 2 N–H and O–H groups in total. The summed E-state index contributed by atoms with van der Waals surface area (Å²) >= 11 is 1.16. The van der Waals surface area contributed by atoms with Crippen LogP contribution >= 0.6 is 11.3 Å². The maximum Gasteiger partial charge on any atom is 0.338 e. The Labute approximate surface area is 194 Å². The number of amides is 1. The Balaban J connectivity index is 1.74. The molecule has 0 aliphatic rings. The molecule has 9 nitrogen and oxygen atoms in total. The molecule has 1 aromatic heterocycles. The molecule has 2 aromatic carbocycles. The number of carbonyl (C=O) groups excluding carboxylic acids is 2. The van der Waals surface area contributed by atoms with E-state index in [1.165, 1.54) is 19.2 Å². The zero-order valence-electron chi connectivity index (χ0n) is 17.6. The van der Waals surface area contributed by atoms with Crippen LogP contribution in [0.4, 0.5) is 10.7 Å². The van der Waals surface area contributed by atoms with Crippen molar-refractivity contribution >= 4 is 43.9 Å². The van der Waals surface area contributed by atoms with Gasteiger partial charge >= 0.3 is 5.97 Å². The molecule has 0 saturated heterocycles. The van der Waals surface area contributed by atoms with Gasteiger partial charge in [-0.3, -0.25) is 9.52 Å².